The first kappa shape index (κ1) is 14.3. The zero-order valence-corrected chi connectivity index (χ0v) is 10.9. The van der Waals surface area contributed by atoms with E-state index < -0.39 is 23.2 Å². The summed E-state index contributed by atoms with van der Waals surface area (Å²) in [4.78, 5) is 10.7. The maximum absolute atomic E-state index is 13.7. The highest BCUT2D eigenvalue weighted by atomic mass is 35.5. The van der Waals surface area contributed by atoms with Crippen LogP contribution in [0.2, 0.25) is 5.02 Å². The van der Waals surface area contributed by atoms with Crippen LogP contribution < -0.4 is 5.32 Å². The summed E-state index contributed by atoms with van der Waals surface area (Å²) in [6.45, 7) is 0.125. The Morgan fingerprint density at radius 3 is 2.35 bits per heavy atom. The smallest absolute Gasteiger partial charge is 0.335 e. The van der Waals surface area contributed by atoms with E-state index in [2.05, 4.69) is 5.32 Å². The third-order valence-corrected chi connectivity index (χ3v) is 3.07. The van der Waals surface area contributed by atoms with Crippen molar-refractivity contribution >= 4 is 23.3 Å². The van der Waals surface area contributed by atoms with Gasteiger partial charge in [-0.15, -0.1) is 0 Å². The second-order valence-electron chi connectivity index (χ2n) is 4.07. The molecule has 0 saturated carbocycles. The summed E-state index contributed by atoms with van der Waals surface area (Å²) in [5.41, 5.74) is -0.145. The molecule has 2 rings (SSSR count). The highest BCUT2D eigenvalue weighted by molar-refractivity contribution is 6.31. The van der Waals surface area contributed by atoms with E-state index in [1.54, 1.807) is 24.3 Å². The Morgan fingerprint density at radius 2 is 1.80 bits per heavy atom. The van der Waals surface area contributed by atoms with E-state index in [1.165, 1.54) is 0 Å². The molecule has 0 aromatic heterocycles. The second-order valence-corrected chi connectivity index (χ2v) is 4.47. The van der Waals surface area contributed by atoms with Gasteiger partial charge in [0, 0.05) is 11.6 Å². The molecule has 20 heavy (non-hydrogen) atoms. The SMILES string of the molecule is O=C(O)c1cc(F)c(NCc2ccccc2Cl)c(F)c1. The normalized spacial score (nSPS) is 10.3. The van der Waals surface area contributed by atoms with Crippen molar-refractivity contribution in [1.82, 2.24) is 0 Å². The Balaban J connectivity index is 2.22. The average Bonchev–Trinajstić information content (AvgIpc) is 2.39. The zero-order valence-electron chi connectivity index (χ0n) is 10.2. The largest absolute Gasteiger partial charge is 0.478 e. The van der Waals surface area contributed by atoms with Gasteiger partial charge in [0.25, 0.3) is 0 Å². The maximum atomic E-state index is 13.7. The van der Waals surface area contributed by atoms with E-state index in [1.807, 2.05) is 0 Å². The molecule has 6 heteroatoms. The van der Waals surface area contributed by atoms with Gasteiger partial charge in [0.15, 0.2) is 0 Å². The number of hydrogen-bond acceptors (Lipinski definition) is 2. The van der Waals surface area contributed by atoms with Gasteiger partial charge in [0.1, 0.15) is 17.3 Å². The van der Waals surface area contributed by atoms with Crippen molar-refractivity contribution in [2.24, 2.45) is 0 Å². The fourth-order valence-corrected chi connectivity index (χ4v) is 1.89. The van der Waals surface area contributed by atoms with E-state index in [0.29, 0.717) is 10.6 Å². The molecule has 0 atom stereocenters. The van der Waals surface area contributed by atoms with Crippen molar-refractivity contribution in [3.05, 3.63) is 64.2 Å². The van der Waals surface area contributed by atoms with Gasteiger partial charge in [-0.05, 0) is 23.8 Å². The van der Waals surface area contributed by atoms with Gasteiger partial charge in [-0.2, -0.15) is 0 Å². The second kappa shape index (κ2) is 5.88. The molecule has 0 fully saturated rings. The van der Waals surface area contributed by atoms with Crippen LogP contribution in [0.4, 0.5) is 14.5 Å². The molecule has 2 aromatic rings. The summed E-state index contributed by atoms with van der Waals surface area (Å²) in [6, 6.07) is 8.41. The number of carbonyl (C=O) groups is 1. The number of rotatable bonds is 4. The van der Waals surface area contributed by atoms with Crippen molar-refractivity contribution in [1.29, 1.82) is 0 Å². The Labute approximate surface area is 118 Å². The summed E-state index contributed by atoms with van der Waals surface area (Å²) in [6.07, 6.45) is 0. The first-order chi connectivity index (χ1) is 9.49. The first-order valence-electron chi connectivity index (χ1n) is 5.68. The van der Waals surface area contributed by atoms with E-state index in [0.717, 1.165) is 12.1 Å². The summed E-state index contributed by atoms with van der Waals surface area (Å²) in [5.74, 6) is -3.32. The van der Waals surface area contributed by atoms with Crippen molar-refractivity contribution < 1.29 is 18.7 Å². The number of anilines is 1. The average molecular weight is 298 g/mol. The molecule has 0 aliphatic rings. The summed E-state index contributed by atoms with van der Waals surface area (Å²) in [7, 11) is 0. The molecule has 0 amide bonds. The molecule has 3 nitrogen and oxygen atoms in total. The molecule has 104 valence electrons. The quantitative estimate of drug-likeness (QED) is 0.899. The number of hydrogen-bond donors (Lipinski definition) is 2. The van der Waals surface area contributed by atoms with Gasteiger partial charge in [-0.25, -0.2) is 13.6 Å². The molecule has 2 N–H and O–H groups in total. The predicted molar refractivity (Wildman–Crippen MR) is 72.1 cm³/mol. The summed E-state index contributed by atoms with van der Waals surface area (Å²) < 4.78 is 27.4. The van der Waals surface area contributed by atoms with Crippen LogP contribution in [-0.2, 0) is 6.54 Å². The number of carboxylic acids is 1. The van der Waals surface area contributed by atoms with Gasteiger partial charge in [0.2, 0.25) is 0 Å². The van der Waals surface area contributed by atoms with Crippen molar-refractivity contribution in [2.45, 2.75) is 6.54 Å². The van der Waals surface area contributed by atoms with Crippen LogP contribution in [0.25, 0.3) is 0 Å². The Kier molecular flexibility index (Phi) is 4.20. The lowest BCUT2D eigenvalue weighted by Crippen LogP contribution is -2.07. The minimum absolute atomic E-state index is 0.125. The Bertz CT molecular complexity index is 638. The van der Waals surface area contributed by atoms with Crippen molar-refractivity contribution in [2.75, 3.05) is 5.32 Å². The van der Waals surface area contributed by atoms with Crippen LogP contribution in [0.15, 0.2) is 36.4 Å². The number of carboxylic acid groups (broad SMARTS) is 1. The number of benzene rings is 2. The molecule has 0 saturated heterocycles. The molecule has 2 aromatic carbocycles. The van der Waals surface area contributed by atoms with Crippen LogP contribution in [0, 0.1) is 11.6 Å². The summed E-state index contributed by atoms with van der Waals surface area (Å²) in [5, 5.41) is 11.7. The summed E-state index contributed by atoms with van der Waals surface area (Å²) >= 11 is 5.93. The lowest BCUT2D eigenvalue weighted by Gasteiger charge is -2.10. The molecule has 0 bridgehead atoms. The van der Waals surface area contributed by atoms with Gasteiger partial charge in [0.05, 0.1) is 5.56 Å². The van der Waals surface area contributed by atoms with Crippen LogP contribution in [0.5, 0.6) is 0 Å². The van der Waals surface area contributed by atoms with Crippen molar-refractivity contribution in [3.63, 3.8) is 0 Å². The molecule has 0 radical (unpaired) electrons. The van der Waals surface area contributed by atoms with Crippen LogP contribution in [0.1, 0.15) is 15.9 Å². The third-order valence-electron chi connectivity index (χ3n) is 2.70. The standard InChI is InChI=1S/C14H10ClF2NO2/c15-10-4-2-1-3-8(10)7-18-13-11(16)5-9(14(19)20)6-12(13)17/h1-6,18H,7H2,(H,19,20). The molecular formula is C14H10ClF2NO2. The number of aromatic carboxylic acids is 1. The lowest BCUT2D eigenvalue weighted by atomic mass is 10.1. The minimum Gasteiger partial charge on any atom is -0.478 e. The topological polar surface area (TPSA) is 49.3 Å². The molecular weight excluding hydrogens is 288 g/mol. The Hall–Kier alpha value is -2.14. The predicted octanol–water partition coefficient (Wildman–Crippen LogP) is 3.93. The molecule has 0 aliphatic carbocycles. The zero-order chi connectivity index (χ0) is 14.7. The highest BCUT2D eigenvalue weighted by Gasteiger charge is 2.14. The van der Waals surface area contributed by atoms with Crippen LogP contribution >= 0.6 is 11.6 Å². The number of halogens is 3. The van der Waals surface area contributed by atoms with Crippen molar-refractivity contribution in [3.8, 4) is 0 Å². The monoisotopic (exact) mass is 297 g/mol. The molecule has 0 heterocycles. The van der Waals surface area contributed by atoms with E-state index in [4.69, 9.17) is 16.7 Å². The van der Waals surface area contributed by atoms with Gasteiger partial charge >= 0.3 is 5.97 Å². The van der Waals surface area contributed by atoms with E-state index in [-0.39, 0.29) is 12.2 Å². The van der Waals surface area contributed by atoms with Gasteiger partial charge < -0.3 is 10.4 Å². The van der Waals surface area contributed by atoms with Gasteiger partial charge in [-0.1, -0.05) is 29.8 Å². The lowest BCUT2D eigenvalue weighted by molar-refractivity contribution is 0.0696. The van der Waals surface area contributed by atoms with E-state index in [9.17, 15) is 13.6 Å². The van der Waals surface area contributed by atoms with Crippen LogP contribution in [-0.4, -0.2) is 11.1 Å². The molecule has 0 spiro atoms. The highest BCUT2D eigenvalue weighted by Crippen LogP contribution is 2.23. The number of nitrogens with one attached hydrogen (secondary N) is 1. The van der Waals surface area contributed by atoms with Gasteiger partial charge in [-0.3, -0.25) is 0 Å². The maximum Gasteiger partial charge on any atom is 0.335 e. The first-order valence-corrected chi connectivity index (χ1v) is 6.06. The van der Waals surface area contributed by atoms with Crippen LogP contribution in [0.3, 0.4) is 0 Å². The minimum atomic E-state index is -1.39. The van der Waals surface area contributed by atoms with E-state index >= 15 is 0 Å². The fraction of sp³-hybridized carbons (Fsp3) is 0.0714. The fourth-order valence-electron chi connectivity index (χ4n) is 1.69. The third kappa shape index (κ3) is 3.05. The molecule has 0 aliphatic heterocycles. The Morgan fingerprint density at radius 1 is 1.20 bits per heavy atom. The molecule has 0 unspecified atom stereocenters.